The van der Waals surface area contributed by atoms with E-state index in [1.54, 1.807) is 84.9 Å². The molecule has 524 valence electrons. The first-order valence-corrected chi connectivity index (χ1v) is 34.2. The molecule has 2 aliphatic heterocycles. The summed E-state index contributed by atoms with van der Waals surface area (Å²) in [7, 11) is 0. The van der Waals surface area contributed by atoms with Crippen LogP contribution in [0.25, 0.3) is 33.0 Å². The molecule has 0 saturated carbocycles. The van der Waals surface area contributed by atoms with Crippen molar-refractivity contribution in [2.24, 2.45) is 0 Å². The zero-order valence-electron chi connectivity index (χ0n) is 54.8. The van der Waals surface area contributed by atoms with Gasteiger partial charge in [0.15, 0.2) is 0 Å². The molecule has 0 aromatic heterocycles. The maximum absolute atomic E-state index is 13.5. The number of benzene rings is 6. The Hall–Kier alpha value is -7.36. The summed E-state index contributed by atoms with van der Waals surface area (Å²) >= 11 is 2.85. The van der Waals surface area contributed by atoms with E-state index in [4.69, 9.17) is 18.9 Å². The summed E-state index contributed by atoms with van der Waals surface area (Å²) in [6, 6.07) is 39.7. The van der Waals surface area contributed by atoms with Crippen molar-refractivity contribution in [3.05, 3.63) is 168 Å². The molecule has 14 N–H and O–H groups in total. The molecule has 12 atom stereocenters. The molecular formula is C70H82N6NaO20S2+. The van der Waals surface area contributed by atoms with Crippen LogP contribution in [0.3, 0.4) is 0 Å². The Labute approximate surface area is 602 Å². The number of nitrogens with one attached hydrogen (secondary N) is 6. The van der Waals surface area contributed by atoms with Crippen molar-refractivity contribution < 1.29 is 128 Å². The van der Waals surface area contributed by atoms with E-state index in [1.807, 2.05) is 60.7 Å². The van der Waals surface area contributed by atoms with Gasteiger partial charge in [0.25, 0.3) is 35.2 Å². The maximum Gasteiger partial charge on any atom is 1.00 e. The molecule has 2 heterocycles. The predicted octanol–water partition coefficient (Wildman–Crippen LogP) is 0.0916. The third-order valence-corrected chi connectivity index (χ3v) is 18.6. The van der Waals surface area contributed by atoms with Crippen LogP contribution < -0.4 is 61.5 Å². The molecule has 0 aliphatic carbocycles. The molecule has 6 aromatic rings. The van der Waals surface area contributed by atoms with Gasteiger partial charge < -0.3 is 91.7 Å². The second-order valence-electron chi connectivity index (χ2n) is 23.5. The van der Waals surface area contributed by atoms with E-state index in [9.17, 15) is 79.2 Å². The number of hydrogen-bond donors (Lipinski definition) is 14. The van der Waals surface area contributed by atoms with Crippen molar-refractivity contribution in [2.75, 3.05) is 62.4 Å². The van der Waals surface area contributed by atoms with Gasteiger partial charge in [0.2, 0.25) is 11.8 Å². The Morgan fingerprint density at radius 3 is 1.16 bits per heavy atom. The normalized spacial score (nSPS) is 21.7. The average molecular weight is 1410 g/mol. The largest absolute Gasteiger partial charge is 1.00 e. The minimum Gasteiger partial charge on any atom is -0.477 e. The first-order valence-electron chi connectivity index (χ1n) is 31.8. The van der Waals surface area contributed by atoms with E-state index in [1.165, 1.54) is 23.5 Å². The number of carboxylic acids is 2. The monoisotopic (exact) mass is 1410 g/mol. The van der Waals surface area contributed by atoms with Crippen LogP contribution in [0.1, 0.15) is 81.0 Å². The van der Waals surface area contributed by atoms with Gasteiger partial charge in [0.1, 0.15) is 24.4 Å². The molecule has 8 rings (SSSR count). The van der Waals surface area contributed by atoms with Crippen LogP contribution in [-0.2, 0) is 38.1 Å². The van der Waals surface area contributed by atoms with Crippen LogP contribution in [0.4, 0.5) is 0 Å². The van der Waals surface area contributed by atoms with Crippen molar-refractivity contribution in [2.45, 2.75) is 112 Å². The Balaban J connectivity index is 0.0000138. The fourth-order valence-electron chi connectivity index (χ4n) is 11.4. The van der Waals surface area contributed by atoms with Gasteiger partial charge in [-0.2, -0.15) is 23.5 Å². The summed E-state index contributed by atoms with van der Waals surface area (Å²) in [5.41, 5.74) is 4.81. The van der Waals surface area contributed by atoms with Crippen molar-refractivity contribution in [1.29, 1.82) is 0 Å². The summed E-state index contributed by atoms with van der Waals surface area (Å²) in [6.45, 7) is 1.36. The summed E-state index contributed by atoms with van der Waals surface area (Å²) in [6.07, 6.45) is -14.8. The zero-order valence-corrected chi connectivity index (χ0v) is 58.5. The molecule has 0 radical (unpaired) electrons. The molecule has 99 heavy (non-hydrogen) atoms. The van der Waals surface area contributed by atoms with Gasteiger partial charge >= 0.3 is 41.5 Å². The SMILES string of the molecule is CC(=O)N[C@@H]1[C@@H](O)C[C@](OCCCSCCNC(=O)c2ccc(C(=O)NCCSCCCO[C@]3(C(=O)O)C[C@H](O)[C@@H](NC(C)=O)[C@H](C(O)[C@H](O)CNC(=O)c4ccc(-c5ccccc5)cc4)O3)c3ccccc23)(C(=O)O)O[C@H]1C(O)[C@H](O)CNC(=O)c1ccc(-c2ccccc2)cc1.[Na+]. The number of thioether (sulfide) groups is 2. The Kier molecular flexibility index (Phi) is 30.2. The number of aliphatic hydroxyl groups is 6. The standard InChI is InChI=1S/C70H82N6O20S2.Na/c1-41(77)75-57-53(79)37-69(67(89)90,95-61(57)59(83)55(81)39-73-63(85)47-23-19-45(20-24-47)43-13-5-3-6-14-43)93-31-11-33-97-35-29-71-65(87)51-27-28-52(50-18-10-9-17-49(50)51)66(88)72-30-36-98-34-12-32-94-70(68(91)92)38-54(80)58(76-42(2)78)62(96-70)60(84)56(82)40-74-64(86)48-25-21-46(22-26-48)44-15-7-4-8-16-44;/h3-10,13-28,53-62,79-84H,11-12,29-40H2,1-2H3,(H,71,87)(H,72,88)(H,73,85)(H,74,86)(H,75,77)(H,76,78)(H,89,90)(H,91,92);/q;+1/t53-,54-,55+,56+,57+,58+,59?,60?,61+,62+,69+,70+;/m0./s1. The maximum atomic E-state index is 13.5. The first kappa shape index (κ1) is 79.0. The zero-order chi connectivity index (χ0) is 70.5. The van der Waals surface area contributed by atoms with Gasteiger partial charge in [-0.05, 0) is 93.8 Å². The van der Waals surface area contributed by atoms with Gasteiger partial charge in [0, 0.05) is 86.6 Å². The summed E-state index contributed by atoms with van der Waals surface area (Å²) in [5.74, 6) is -9.73. The molecule has 2 aliphatic rings. The third-order valence-electron chi connectivity index (χ3n) is 16.5. The second-order valence-corrected chi connectivity index (χ2v) is 26.0. The third kappa shape index (κ3) is 21.3. The minimum absolute atomic E-state index is 0. The van der Waals surface area contributed by atoms with Crippen molar-refractivity contribution in [1.82, 2.24) is 31.9 Å². The Morgan fingerprint density at radius 1 is 0.475 bits per heavy atom. The van der Waals surface area contributed by atoms with Crippen LogP contribution in [0.2, 0.25) is 0 Å². The van der Waals surface area contributed by atoms with E-state index in [2.05, 4.69) is 31.9 Å². The number of ether oxygens (including phenoxy) is 4. The Morgan fingerprint density at radius 2 is 0.818 bits per heavy atom. The summed E-state index contributed by atoms with van der Waals surface area (Å²) in [4.78, 5) is 103. The van der Waals surface area contributed by atoms with Crippen molar-refractivity contribution in [3.8, 4) is 22.3 Å². The van der Waals surface area contributed by atoms with Gasteiger partial charge in [-0.3, -0.25) is 28.8 Å². The van der Waals surface area contributed by atoms with Gasteiger partial charge in [0.05, 0.1) is 49.7 Å². The van der Waals surface area contributed by atoms with Crippen molar-refractivity contribution >= 4 is 81.7 Å². The van der Waals surface area contributed by atoms with Crippen LogP contribution in [0, 0.1) is 0 Å². The van der Waals surface area contributed by atoms with Gasteiger partial charge in [-0.25, -0.2) is 9.59 Å². The molecule has 2 saturated heterocycles. The number of carbonyl (C=O) groups excluding carboxylic acids is 6. The molecule has 2 unspecified atom stereocenters. The van der Waals surface area contributed by atoms with Crippen LogP contribution in [0.5, 0.6) is 0 Å². The topological polar surface area (TPSA) is 408 Å². The fraction of sp³-hybridized carbons (Fsp3) is 0.400. The number of fused-ring (bicyclic) bond motifs is 1. The quantitative estimate of drug-likeness (QED) is 0.0188. The molecule has 26 nitrogen and oxygen atoms in total. The van der Waals surface area contributed by atoms with E-state index >= 15 is 0 Å². The number of carboxylic acid groups (broad SMARTS) is 2. The molecule has 6 aromatic carbocycles. The van der Waals surface area contributed by atoms with Gasteiger partial charge in [-0.15, -0.1) is 0 Å². The van der Waals surface area contributed by atoms with Crippen molar-refractivity contribution in [3.63, 3.8) is 0 Å². The number of hydrogen-bond acceptors (Lipinski definition) is 20. The molecule has 6 amide bonds. The smallest absolute Gasteiger partial charge is 0.477 e. The molecule has 0 spiro atoms. The fourth-order valence-corrected chi connectivity index (χ4v) is 13.0. The number of aliphatic hydroxyl groups excluding tert-OH is 6. The molecular weight excluding hydrogens is 1330 g/mol. The minimum atomic E-state index is -2.50. The van der Waals surface area contributed by atoms with Gasteiger partial charge in [-0.1, -0.05) is 109 Å². The molecule has 0 bridgehead atoms. The summed E-state index contributed by atoms with van der Waals surface area (Å²) < 4.78 is 23.3. The first-order chi connectivity index (χ1) is 47.0. The molecule has 2 fully saturated rings. The number of rotatable bonds is 34. The number of aliphatic carboxylic acids is 2. The Bertz CT molecular complexity index is 3460. The van der Waals surface area contributed by atoms with E-state index in [0.29, 0.717) is 44.9 Å². The van der Waals surface area contributed by atoms with E-state index < -0.39 is 146 Å². The predicted molar refractivity (Wildman–Crippen MR) is 364 cm³/mol. The average Bonchev–Trinajstić information content (AvgIpc) is 0.767. The second kappa shape index (κ2) is 37.9. The number of carbonyl (C=O) groups is 8. The van der Waals surface area contributed by atoms with E-state index in [-0.39, 0.29) is 79.8 Å². The van der Waals surface area contributed by atoms with Crippen LogP contribution >= 0.6 is 23.5 Å². The number of amides is 6. The summed E-state index contributed by atoms with van der Waals surface area (Å²) in [5, 5.41) is 105. The van der Waals surface area contributed by atoms with Crippen LogP contribution in [0.15, 0.2) is 146 Å². The van der Waals surface area contributed by atoms with Crippen LogP contribution in [-0.4, -0.2) is 223 Å². The molecule has 29 heteroatoms. The van der Waals surface area contributed by atoms with E-state index in [0.717, 1.165) is 36.1 Å².